The van der Waals surface area contributed by atoms with Gasteiger partial charge in [-0.15, -0.1) is 0 Å². The molecule has 3 aromatic rings. The molecule has 0 spiro atoms. The Morgan fingerprint density at radius 3 is 2.43 bits per heavy atom. The number of hydrogen-bond acceptors (Lipinski definition) is 2. The van der Waals surface area contributed by atoms with Gasteiger partial charge in [-0.1, -0.05) is 54.7 Å². The Hall–Kier alpha value is -1.91. The lowest BCUT2D eigenvalue weighted by Gasteiger charge is -2.12. The molecule has 104 valence electrons. The van der Waals surface area contributed by atoms with Crippen molar-refractivity contribution in [3.05, 3.63) is 70.7 Å². The maximum Gasteiger partial charge on any atom is 0.142 e. The van der Waals surface area contributed by atoms with Crippen molar-refractivity contribution in [2.75, 3.05) is 0 Å². The van der Waals surface area contributed by atoms with E-state index in [4.69, 9.17) is 22.7 Å². The van der Waals surface area contributed by atoms with Crippen LogP contribution in [0.1, 0.15) is 5.56 Å². The van der Waals surface area contributed by atoms with E-state index in [2.05, 4.69) is 22.0 Å². The van der Waals surface area contributed by atoms with Crippen molar-refractivity contribution in [2.24, 2.45) is 5.73 Å². The number of benzene rings is 3. The molecule has 3 aromatic carbocycles. The lowest BCUT2D eigenvalue weighted by molar-refractivity contribution is 0.479. The van der Waals surface area contributed by atoms with Gasteiger partial charge in [-0.2, -0.15) is 0 Å². The van der Waals surface area contributed by atoms with Crippen LogP contribution >= 0.6 is 28.1 Å². The molecular weight excluding hydrogens is 346 g/mol. The van der Waals surface area contributed by atoms with Crippen molar-refractivity contribution in [1.82, 2.24) is 0 Å². The predicted octanol–water partition coefficient (Wildman–Crippen LogP) is 5.03. The molecule has 0 aliphatic carbocycles. The van der Waals surface area contributed by atoms with Crippen molar-refractivity contribution in [3.8, 4) is 11.5 Å². The summed E-state index contributed by atoms with van der Waals surface area (Å²) in [6.45, 7) is 0. The minimum atomic E-state index is 0.322. The molecule has 0 aliphatic heterocycles. The Labute approximate surface area is 136 Å². The second-order valence-electron chi connectivity index (χ2n) is 4.56. The second-order valence-corrected chi connectivity index (χ2v) is 5.79. The summed E-state index contributed by atoms with van der Waals surface area (Å²) >= 11 is 8.67. The largest absolute Gasteiger partial charge is 0.455 e. The molecule has 0 atom stereocenters. The van der Waals surface area contributed by atoms with E-state index in [9.17, 15) is 0 Å². The van der Waals surface area contributed by atoms with Crippen LogP contribution in [0.25, 0.3) is 10.8 Å². The predicted molar refractivity (Wildman–Crippen MR) is 94.1 cm³/mol. The molecule has 2 N–H and O–H groups in total. The highest BCUT2D eigenvalue weighted by Crippen LogP contribution is 2.36. The van der Waals surface area contributed by atoms with Gasteiger partial charge in [0.25, 0.3) is 0 Å². The quantitative estimate of drug-likeness (QED) is 0.667. The molecule has 21 heavy (non-hydrogen) atoms. The number of nitrogens with two attached hydrogens (primary N) is 1. The first-order chi connectivity index (χ1) is 10.2. The average Bonchev–Trinajstić information content (AvgIpc) is 2.51. The number of fused-ring (bicyclic) bond motifs is 1. The summed E-state index contributed by atoms with van der Waals surface area (Å²) < 4.78 is 6.91. The van der Waals surface area contributed by atoms with Crippen molar-refractivity contribution in [2.45, 2.75) is 0 Å². The van der Waals surface area contributed by atoms with Crippen LogP contribution in [-0.2, 0) is 0 Å². The average molecular weight is 358 g/mol. The van der Waals surface area contributed by atoms with Crippen LogP contribution < -0.4 is 10.5 Å². The molecular formula is C17H12BrNOS. The van der Waals surface area contributed by atoms with E-state index in [0.29, 0.717) is 10.7 Å². The van der Waals surface area contributed by atoms with Crippen molar-refractivity contribution < 1.29 is 4.74 Å². The zero-order valence-electron chi connectivity index (χ0n) is 11.0. The first kappa shape index (κ1) is 14.0. The molecule has 2 nitrogen and oxygen atoms in total. The van der Waals surface area contributed by atoms with Crippen molar-refractivity contribution in [3.63, 3.8) is 0 Å². The Morgan fingerprint density at radius 1 is 0.905 bits per heavy atom. The van der Waals surface area contributed by atoms with Crippen LogP contribution in [0.15, 0.2) is 65.1 Å². The van der Waals surface area contributed by atoms with E-state index in [0.717, 1.165) is 26.6 Å². The van der Waals surface area contributed by atoms with Crippen LogP contribution in [0.4, 0.5) is 0 Å². The smallest absolute Gasteiger partial charge is 0.142 e. The molecule has 0 saturated heterocycles. The Kier molecular flexibility index (Phi) is 3.90. The topological polar surface area (TPSA) is 35.2 Å². The third-order valence-corrected chi connectivity index (χ3v) is 4.24. The van der Waals surface area contributed by atoms with Crippen molar-refractivity contribution in [1.29, 1.82) is 0 Å². The highest BCUT2D eigenvalue weighted by Gasteiger charge is 2.10. The van der Waals surface area contributed by atoms with E-state index in [1.807, 2.05) is 54.6 Å². The standard InChI is InChI=1S/C17H12BrNOS/c18-16-12-6-2-1-5-11(12)9-10-15(16)20-14-8-4-3-7-13(14)17(19)21/h1-10H,(H2,19,21). The van der Waals surface area contributed by atoms with Crippen LogP contribution in [0.5, 0.6) is 11.5 Å². The summed E-state index contributed by atoms with van der Waals surface area (Å²) in [4.78, 5) is 0.322. The van der Waals surface area contributed by atoms with Gasteiger partial charge in [-0.25, -0.2) is 0 Å². The van der Waals surface area contributed by atoms with E-state index in [1.165, 1.54) is 0 Å². The fraction of sp³-hybridized carbons (Fsp3) is 0. The number of hydrogen-bond donors (Lipinski definition) is 1. The number of para-hydroxylation sites is 1. The first-order valence-corrected chi connectivity index (χ1v) is 7.61. The number of ether oxygens (including phenoxy) is 1. The van der Waals surface area contributed by atoms with Crippen molar-refractivity contribution >= 4 is 43.9 Å². The molecule has 0 fully saturated rings. The van der Waals surface area contributed by atoms with Gasteiger partial charge in [-0.3, -0.25) is 0 Å². The normalized spacial score (nSPS) is 10.5. The Morgan fingerprint density at radius 2 is 1.62 bits per heavy atom. The first-order valence-electron chi connectivity index (χ1n) is 6.41. The molecule has 3 rings (SSSR count). The lowest BCUT2D eigenvalue weighted by Crippen LogP contribution is -2.10. The third-order valence-electron chi connectivity index (χ3n) is 3.20. The third kappa shape index (κ3) is 2.77. The summed E-state index contributed by atoms with van der Waals surface area (Å²) in [5.74, 6) is 1.39. The van der Waals surface area contributed by atoms with Gasteiger partial charge < -0.3 is 10.5 Å². The minimum Gasteiger partial charge on any atom is -0.455 e. The Balaban J connectivity index is 2.07. The van der Waals surface area contributed by atoms with E-state index >= 15 is 0 Å². The fourth-order valence-electron chi connectivity index (χ4n) is 2.17. The maximum atomic E-state index is 6.00. The fourth-order valence-corrected chi connectivity index (χ4v) is 2.91. The molecule has 0 unspecified atom stereocenters. The van der Waals surface area contributed by atoms with Crippen LogP contribution in [0.2, 0.25) is 0 Å². The highest BCUT2D eigenvalue weighted by atomic mass is 79.9. The molecule has 0 amide bonds. The van der Waals surface area contributed by atoms with E-state index in [1.54, 1.807) is 0 Å². The SMILES string of the molecule is NC(=S)c1ccccc1Oc1ccc2ccccc2c1Br. The van der Waals surface area contributed by atoms with Gasteiger partial charge in [0.2, 0.25) is 0 Å². The van der Waals surface area contributed by atoms with Crippen LogP contribution in [0, 0.1) is 0 Å². The molecule has 0 saturated carbocycles. The molecule has 0 radical (unpaired) electrons. The van der Waals surface area contributed by atoms with E-state index < -0.39 is 0 Å². The van der Waals surface area contributed by atoms with Crippen LogP contribution in [-0.4, -0.2) is 4.99 Å². The minimum absolute atomic E-state index is 0.322. The van der Waals surface area contributed by atoms with Gasteiger partial charge in [0.1, 0.15) is 16.5 Å². The van der Waals surface area contributed by atoms with Gasteiger partial charge in [0, 0.05) is 0 Å². The van der Waals surface area contributed by atoms with Gasteiger partial charge in [0.05, 0.1) is 10.0 Å². The van der Waals surface area contributed by atoms with Crippen LogP contribution in [0.3, 0.4) is 0 Å². The maximum absolute atomic E-state index is 6.00. The summed E-state index contributed by atoms with van der Waals surface area (Å²) in [5.41, 5.74) is 6.47. The van der Waals surface area contributed by atoms with Gasteiger partial charge in [0.15, 0.2) is 0 Å². The highest BCUT2D eigenvalue weighted by molar-refractivity contribution is 9.10. The molecule has 4 heteroatoms. The zero-order chi connectivity index (χ0) is 14.8. The molecule has 0 heterocycles. The second kappa shape index (κ2) is 5.84. The summed E-state index contributed by atoms with van der Waals surface area (Å²) in [7, 11) is 0. The zero-order valence-corrected chi connectivity index (χ0v) is 13.4. The molecule has 0 bridgehead atoms. The number of thiocarbonyl (C=S) groups is 1. The summed E-state index contributed by atoms with van der Waals surface area (Å²) in [6.07, 6.45) is 0. The molecule has 0 aromatic heterocycles. The summed E-state index contributed by atoms with van der Waals surface area (Å²) in [6, 6.07) is 19.6. The Bertz CT molecular complexity index is 832. The molecule has 0 aliphatic rings. The summed E-state index contributed by atoms with van der Waals surface area (Å²) in [5, 5.41) is 2.25. The number of rotatable bonds is 3. The van der Waals surface area contributed by atoms with Gasteiger partial charge in [-0.05, 0) is 44.9 Å². The lowest BCUT2D eigenvalue weighted by atomic mass is 10.1. The monoisotopic (exact) mass is 357 g/mol. The van der Waals surface area contributed by atoms with E-state index in [-0.39, 0.29) is 0 Å². The number of halogens is 1. The van der Waals surface area contributed by atoms with Gasteiger partial charge >= 0.3 is 0 Å².